The van der Waals surface area contributed by atoms with E-state index in [2.05, 4.69) is 58.8 Å². The molecule has 0 N–H and O–H groups in total. The molecule has 2 aliphatic rings. The van der Waals surface area contributed by atoms with E-state index in [1.807, 2.05) is 0 Å². The van der Waals surface area contributed by atoms with Gasteiger partial charge in [0.25, 0.3) is 0 Å². The van der Waals surface area contributed by atoms with Gasteiger partial charge in [-0.05, 0) is 66.6 Å². The molecule has 4 heteroatoms. The molecule has 2 saturated heterocycles. The summed E-state index contributed by atoms with van der Waals surface area (Å²) in [6.45, 7) is 0. The van der Waals surface area contributed by atoms with Crippen LogP contribution in [0.2, 0.25) is 0 Å². The normalized spacial score (nSPS) is 33.1. The van der Waals surface area contributed by atoms with Gasteiger partial charge in [0, 0.05) is 21.6 Å². The van der Waals surface area contributed by atoms with E-state index in [0.717, 1.165) is 12.8 Å². The van der Waals surface area contributed by atoms with E-state index in [0.29, 0.717) is 18.0 Å². The Morgan fingerprint density at radius 2 is 2.00 bits per heavy atom. The lowest BCUT2D eigenvalue weighted by Crippen LogP contribution is -2.49. The molecular formula is C16H20INO2. The largest absolute Gasteiger partial charge is 0.469 e. The van der Waals surface area contributed by atoms with E-state index in [1.54, 1.807) is 0 Å². The maximum atomic E-state index is 12.3. The predicted octanol–water partition coefficient (Wildman–Crippen LogP) is 3.03. The summed E-state index contributed by atoms with van der Waals surface area (Å²) in [5.41, 5.74) is 1.28. The molecule has 3 nitrogen and oxygen atoms in total. The van der Waals surface area contributed by atoms with Crippen molar-refractivity contribution in [3.05, 3.63) is 33.4 Å². The van der Waals surface area contributed by atoms with Crippen LogP contribution in [0.3, 0.4) is 0 Å². The Labute approximate surface area is 133 Å². The van der Waals surface area contributed by atoms with Gasteiger partial charge in [0.1, 0.15) is 0 Å². The molecule has 2 heterocycles. The quantitative estimate of drug-likeness (QED) is 0.581. The van der Waals surface area contributed by atoms with Gasteiger partial charge in [0.05, 0.1) is 13.0 Å². The zero-order chi connectivity index (χ0) is 14.3. The Morgan fingerprint density at radius 3 is 2.65 bits per heavy atom. The first-order valence-corrected chi connectivity index (χ1v) is 8.25. The smallest absolute Gasteiger partial charge is 0.310 e. The van der Waals surface area contributed by atoms with Gasteiger partial charge >= 0.3 is 5.97 Å². The van der Waals surface area contributed by atoms with E-state index in [9.17, 15) is 4.79 Å². The highest BCUT2D eigenvalue weighted by Gasteiger charge is 2.49. The molecule has 1 aromatic rings. The molecule has 2 bridgehead atoms. The molecule has 2 fully saturated rings. The van der Waals surface area contributed by atoms with Crippen LogP contribution in [0.25, 0.3) is 0 Å². The molecule has 4 unspecified atom stereocenters. The number of esters is 1. The van der Waals surface area contributed by atoms with Crippen LogP contribution in [0.4, 0.5) is 0 Å². The molecule has 0 spiro atoms. The first-order chi connectivity index (χ1) is 9.61. The van der Waals surface area contributed by atoms with Crippen molar-refractivity contribution in [1.29, 1.82) is 0 Å². The molecule has 0 radical (unpaired) electrons. The van der Waals surface area contributed by atoms with Gasteiger partial charge in [-0.25, -0.2) is 0 Å². The van der Waals surface area contributed by atoms with Gasteiger partial charge < -0.3 is 4.74 Å². The number of nitrogens with zero attached hydrogens (tertiary/aromatic N) is 1. The van der Waals surface area contributed by atoms with Gasteiger partial charge in [-0.2, -0.15) is 0 Å². The number of carbonyl (C=O) groups is 1. The summed E-state index contributed by atoms with van der Waals surface area (Å²) in [5, 5.41) is 0. The van der Waals surface area contributed by atoms with Gasteiger partial charge in [0.2, 0.25) is 0 Å². The average molecular weight is 383 g/mol. The zero-order valence-electron chi connectivity index (χ0n) is 11.9. The van der Waals surface area contributed by atoms with Crippen LogP contribution < -0.4 is 0 Å². The fourth-order valence-corrected chi connectivity index (χ4v) is 4.34. The minimum absolute atomic E-state index is 0.0242. The summed E-state index contributed by atoms with van der Waals surface area (Å²) in [5.74, 6) is 0.225. The lowest BCUT2D eigenvalue weighted by atomic mass is 9.76. The monoisotopic (exact) mass is 383 g/mol. The number of hydrogen-bond donors (Lipinski definition) is 0. The molecular weight excluding hydrogens is 363 g/mol. The van der Waals surface area contributed by atoms with E-state index in [4.69, 9.17) is 4.74 Å². The van der Waals surface area contributed by atoms with Crippen molar-refractivity contribution in [3.63, 3.8) is 0 Å². The molecule has 0 amide bonds. The van der Waals surface area contributed by atoms with Crippen molar-refractivity contribution < 1.29 is 9.53 Å². The van der Waals surface area contributed by atoms with E-state index >= 15 is 0 Å². The summed E-state index contributed by atoms with van der Waals surface area (Å²) in [4.78, 5) is 14.7. The molecule has 0 aliphatic carbocycles. The summed E-state index contributed by atoms with van der Waals surface area (Å²) in [7, 11) is 3.66. The number of ether oxygens (including phenoxy) is 1. The van der Waals surface area contributed by atoms with Crippen LogP contribution >= 0.6 is 22.6 Å². The summed E-state index contributed by atoms with van der Waals surface area (Å²) in [6.07, 6.45) is 3.38. The first-order valence-electron chi connectivity index (χ1n) is 7.17. The van der Waals surface area contributed by atoms with Crippen molar-refractivity contribution in [3.8, 4) is 0 Å². The summed E-state index contributed by atoms with van der Waals surface area (Å²) >= 11 is 2.32. The van der Waals surface area contributed by atoms with Gasteiger partial charge in [-0.3, -0.25) is 9.69 Å². The Balaban J connectivity index is 1.95. The topological polar surface area (TPSA) is 29.5 Å². The highest BCUT2D eigenvalue weighted by Crippen LogP contribution is 2.46. The van der Waals surface area contributed by atoms with Crippen LogP contribution in [-0.2, 0) is 9.53 Å². The highest BCUT2D eigenvalue weighted by atomic mass is 125. The third-order valence-corrected chi connectivity index (χ3v) is 5.76. The van der Waals surface area contributed by atoms with Gasteiger partial charge in [0.15, 0.2) is 0 Å². The molecule has 20 heavy (non-hydrogen) atoms. The molecule has 4 atom stereocenters. The summed E-state index contributed by atoms with van der Waals surface area (Å²) < 4.78 is 6.33. The number of halogens is 1. The van der Waals surface area contributed by atoms with E-state index in [1.165, 1.54) is 22.7 Å². The zero-order valence-corrected chi connectivity index (χ0v) is 14.0. The van der Waals surface area contributed by atoms with E-state index in [-0.39, 0.29) is 11.9 Å². The van der Waals surface area contributed by atoms with Crippen LogP contribution in [0, 0.1) is 9.49 Å². The number of methoxy groups -OCH3 is 1. The minimum Gasteiger partial charge on any atom is -0.469 e. The number of piperidine rings is 1. The van der Waals surface area contributed by atoms with Crippen LogP contribution in [0.15, 0.2) is 24.3 Å². The molecule has 108 valence electrons. The molecule has 0 aromatic heterocycles. The number of benzene rings is 1. The SMILES string of the molecule is COC(=O)C1C(c2ccc([125I])cc2)CC2CCC1N2C. The lowest BCUT2D eigenvalue weighted by molar-refractivity contribution is -0.150. The number of rotatable bonds is 2. The standard InChI is InChI=1S/C16H20INO2/c1-18-12-7-8-14(18)15(16(19)20-2)13(9-12)10-3-5-11(17)6-4-10/h3-6,12-15H,7-9H2,1-2H3/i17-2. The molecule has 2 aliphatic heterocycles. The Morgan fingerprint density at radius 1 is 1.30 bits per heavy atom. The third kappa shape index (κ3) is 2.37. The summed E-state index contributed by atoms with van der Waals surface area (Å²) in [6, 6.07) is 9.56. The highest BCUT2D eigenvalue weighted by molar-refractivity contribution is 14.1. The average Bonchev–Trinajstić information content (AvgIpc) is 2.70. The van der Waals surface area contributed by atoms with Gasteiger partial charge in [-0.15, -0.1) is 0 Å². The maximum Gasteiger partial charge on any atom is 0.310 e. The van der Waals surface area contributed by atoms with Crippen molar-refractivity contribution in [1.82, 2.24) is 4.90 Å². The second-order valence-corrected chi connectivity index (χ2v) is 7.15. The second-order valence-electron chi connectivity index (χ2n) is 5.91. The first kappa shape index (κ1) is 14.3. The van der Waals surface area contributed by atoms with Crippen molar-refractivity contribution in [2.24, 2.45) is 5.92 Å². The third-order valence-electron chi connectivity index (χ3n) is 5.04. The van der Waals surface area contributed by atoms with Crippen molar-refractivity contribution >= 4 is 28.6 Å². The number of hydrogen-bond acceptors (Lipinski definition) is 3. The maximum absolute atomic E-state index is 12.3. The minimum atomic E-state index is -0.0502. The van der Waals surface area contributed by atoms with Crippen molar-refractivity contribution in [2.45, 2.75) is 37.3 Å². The van der Waals surface area contributed by atoms with E-state index < -0.39 is 0 Å². The number of carbonyl (C=O) groups excluding carboxylic acids is 1. The fourth-order valence-electron chi connectivity index (χ4n) is 3.98. The Bertz CT molecular complexity index is 502. The molecule has 0 saturated carbocycles. The Kier molecular flexibility index (Phi) is 4.04. The van der Waals surface area contributed by atoms with Crippen LogP contribution in [-0.4, -0.2) is 37.1 Å². The van der Waals surface area contributed by atoms with Crippen LogP contribution in [0.1, 0.15) is 30.7 Å². The van der Waals surface area contributed by atoms with Crippen LogP contribution in [0.5, 0.6) is 0 Å². The fraction of sp³-hybridized carbons (Fsp3) is 0.562. The molecule has 3 rings (SSSR count). The second kappa shape index (κ2) is 5.64. The number of fused-ring (bicyclic) bond motifs is 2. The van der Waals surface area contributed by atoms with Crippen molar-refractivity contribution in [2.75, 3.05) is 14.2 Å². The Hall–Kier alpha value is -0.620. The van der Waals surface area contributed by atoms with Gasteiger partial charge in [-0.1, -0.05) is 12.1 Å². The predicted molar refractivity (Wildman–Crippen MR) is 86.6 cm³/mol. The lowest BCUT2D eigenvalue weighted by Gasteiger charge is -2.41. The molecule has 1 aromatic carbocycles.